The first-order chi connectivity index (χ1) is 6.99. The van der Waals surface area contributed by atoms with Gasteiger partial charge < -0.3 is 16.2 Å². The van der Waals surface area contributed by atoms with Crippen LogP contribution in [0.25, 0.3) is 0 Å². The van der Waals surface area contributed by atoms with Crippen LogP contribution in [0.4, 0.5) is 11.4 Å². The van der Waals surface area contributed by atoms with Gasteiger partial charge in [0.05, 0.1) is 12.1 Å². The molecule has 0 aliphatic carbocycles. The molecule has 0 aromatic heterocycles. The average molecular weight is 208 g/mol. The van der Waals surface area contributed by atoms with Crippen LogP contribution in [0.15, 0.2) is 18.2 Å². The second kappa shape index (κ2) is 4.53. The summed E-state index contributed by atoms with van der Waals surface area (Å²) in [5.41, 5.74) is 8.31. The van der Waals surface area contributed by atoms with Crippen LogP contribution in [0.1, 0.15) is 25.8 Å². The summed E-state index contributed by atoms with van der Waals surface area (Å²) in [6.45, 7) is 6.15. The lowest BCUT2D eigenvalue weighted by molar-refractivity contribution is 0.219. The molecule has 1 aromatic carbocycles. The Balaban J connectivity index is 2.88. The zero-order valence-corrected chi connectivity index (χ0v) is 9.67. The normalized spacial score (nSPS) is 14.7. The van der Waals surface area contributed by atoms with Crippen molar-refractivity contribution >= 4 is 11.4 Å². The van der Waals surface area contributed by atoms with Gasteiger partial charge in [-0.05, 0) is 44.0 Å². The molecule has 0 saturated carbocycles. The van der Waals surface area contributed by atoms with Crippen LogP contribution in [-0.4, -0.2) is 17.3 Å². The Kier molecular flexibility index (Phi) is 3.58. The molecule has 0 aliphatic heterocycles. The quantitative estimate of drug-likeness (QED) is 0.664. The highest BCUT2D eigenvalue weighted by molar-refractivity contribution is 5.57. The largest absolute Gasteiger partial charge is 0.399 e. The number of aliphatic hydroxyl groups excluding tert-OH is 1. The van der Waals surface area contributed by atoms with Gasteiger partial charge in [-0.2, -0.15) is 0 Å². The third kappa shape index (κ3) is 3.13. The summed E-state index contributed by atoms with van der Waals surface area (Å²) in [6.07, 6.45) is 0.858. The van der Waals surface area contributed by atoms with Gasteiger partial charge in [-0.3, -0.25) is 0 Å². The van der Waals surface area contributed by atoms with Gasteiger partial charge in [-0.25, -0.2) is 0 Å². The lowest BCUT2D eigenvalue weighted by atomic mass is 9.99. The Labute approximate surface area is 91.3 Å². The van der Waals surface area contributed by atoms with E-state index in [9.17, 15) is 5.11 Å². The van der Waals surface area contributed by atoms with Gasteiger partial charge >= 0.3 is 0 Å². The molecule has 1 atom stereocenters. The molecular weight excluding hydrogens is 188 g/mol. The summed E-state index contributed by atoms with van der Waals surface area (Å²) in [7, 11) is 0. The molecule has 0 heterocycles. The van der Waals surface area contributed by atoms with Crippen LogP contribution in [0.5, 0.6) is 0 Å². The molecule has 0 spiro atoms. The average Bonchev–Trinajstić information content (AvgIpc) is 2.16. The van der Waals surface area contributed by atoms with E-state index in [2.05, 4.69) is 5.32 Å². The van der Waals surface area contributed by atoms with E-state index in [1.807, 2.05) is 39.0 Å². The summed E-state index contributed by atoms with van der Waals surface area (Å²) >= 11 is 0. The topological polar surface area (TPSA) is 58.3 Å². The van der Waals surface area contributed by atoms with Gasteiger partial charge in [-0.15, -0.1) is 0 Å². The fourth-order valence-corrected chi connectivity index (χ4v) is 1.47. The van der Waals surface area contributed by atoms with Gasteiger partial charge in [0.25, 0.3) is 0 Å². The fraction of sp³-hybridized carbons (Fsp3) is 0.500. The molecule has 1 aromatic rings. The Morgan fingerprint density at radius 3 is 2.53 bits per heavy atom. The lowest BCUT2D eigenvalue weighted by Gasteiger charge is -2.28. The number of hydrogen-bond donors (Lipinski definition) is 3. The summed E-state index contributed by atoms with van der Waals surface area (Å²) in [5, 5.41) is 12.6. The van der Waals surface area contributed by atoms with Crippen LogP contribution in [0.2, 0.25) is 0 Å². The number of hydrogen-bond acceptors (Lipinski definition) is 3. The second-order valence-corrected chi connectivity index (χ2v) is 4.33. The molecule has 15 heavy (non-hydrogen) atoms. The van der Waals surface area contributed by atoms with E-state index in [1.165, 1.54) is 0 Å². The molecule has 1 rings (SSSR count). The van der Waals surface area contributed by atoms with Crippen molar-refractivity contribution in [1.29, 1.82) is 0 Å². The molecule has 0 radical (unpaired) electrons. The van der Waals surface area contributed by atoms with E-state index in [-0.39, 0.29) is 12.1 Å². The molecule has 0 aliphatic rings. The fourth-order valence-electron chi connectivity index (χ4n) is 1.47. The van der Waals surface area contributed by atoms with Crippen molar-refractivity contribution in [3.05, 3.63) is 23.8 Å². The van der Waals surface area contributed by atoms with Crippen molar-refractivity contribution in [3.63, 3.8) is 0 Å². The van der Waals surface area contributed by atoms with Crippen LogP contribution < -0.4 is 11.1 Å². The maximum atomic E-state index is 9.29. The smallest absolute Gasteiger partial charge is 0.0658 e. The van der Waals surface area contributed by atoms with Gasteiger partial charge in [-0.1, -0.05) is 6.92 Å². The molecule has 3 nitrogen and oxygen atoms in total. The molecule has 3 heteroatoms. The third-order valence-electron chi connectivity index (χ3n) is 2.68. The predicted octanol–water partition coefficient (Wildman–Crippen LogP) is 2.15. The maximum Gasteiger partial charge on any atom is 0.0658 e. The van der Waals surface area contributed by atoms with Crippen LogP contribution in [0.3, 0.4) is 0 Å². The standard InChI is InChI=1S/C12H20N2O/c1-4-12(3,8-15)14-11-6-9(2)5-10(13)7-11/h5-7,14-15H,4,8,13H2,1-3H3. The Bertz CT molecular complexity index is 312. The lowest BCUT2D eigenvalue weighted by Crippen LogP contribution is -2.37. The van der Waals surface area contributed by atoms with E-state index in [0.29, 0.717) is 0 Å². The summed E-state index contributed by atoms with van der Waals surface area (Å²) in [5.74, 6) is 0. The Morgan fingerprint density at radius 1 is 1.40 bits per heavy atom. The first-order valence-corrected chi connectivity index (χ1v) is 5.25. The Morgan fingerprint density at radius 2 is 2.07 bits per heavy atom. The zero-order valence-electron chi connectivity index (χ0n) is 9.67. The van der Waals surface area contributed by atoms with Gasteiger partial charge in [0.2, 0.25) is 0 Å². The molecule has 0 fully saturated rings. The SMILES string of the molecule is CCC(C)(CO)Nc1cc(C)cc(N)c1. The van der Waals surface area contributed by atoms with E-state index < -0.39 is 0 Å². The molecule has 4 N–H and O–H groups in total. The minimum Gasteiger partial charge on any atom is -0.399 e. The van der Waals surface area contributed by atoms with Crippen LogP contribution >= 0.6 is 0 Å². The molecular formula is C12H20N2O. The number of rotatable bonds is 4. The highest BCUT2D eigenvalue weighted by Crippen LogP contribution is 2.21. The highest BCUT2D eigenvalue weighted by Gasteiger charge is 2.20. The summed E-state index contributed by atoms with van der Waals surface area (Å²) in [4.78, 5) is 0. The predicted molar refractivity (Wildman–Crippen MR) is 65.0 cm³/mol. The first kappa shape index (κ1) is 11.9. The molecule has 0 bridgehead atoms. The minimum atomic E-state index is -0.278. The van der Waals surface area contributed by atoms with E-state index in [0.717, 1.165) is 23.4 Å². The maximum absolute atomic E-state index is 9.29. The van der Waals surface area contributed by atoms with Gasteiger partial charge in [0, 0.05) is 11.4 Å². The van der Waals surface area contributed by atoms with Crippen molar-refractivity contribution in [3.8, 4) is 0 Å². The van der Waals surface area contributed by atoms with Gasteiger partial charge in [0.1, 0.15) is 0 Å². The molecule has 0 amide bonds. The number of aliphatic hydroxyl groups is 1. The summed E-state index contributed by atoms with van der Waals surface area (Å²) in [6, 6.07) is 5.84. The zero-order chi connectivity index (χ0) is 11.5. The first-order valence-electron chi connectivity index (χ1n) is 5.25. The number of nitrogen functional groups attached to an aromatic ring is 1. The van der Waals surface area contributed by atoms with E-state index in [1.54, 1.807) is 0 Å². The van der Waals surface area contributed by atoms with E-state index >= 15 is 0 Å². The van der Waals surface area contributed by atoms with Crippen LogP contribution in [0, 0.1) is 6.92 Å². The summed E-state index contributed by atoms with van der Waals surface area (Å²) < 4.78 is 0. The molecule has 0 saturated heterocycles. The second-order valence-electron chi connectivity index (χ2n) is 4.33. The van der Waals surface area contributed by atoms with E-state index in [4.69, 9.17) is 5.73 Å². The number of anilines is 2. The van der Waals surface area contributed by atoms with Crippen molar-refractivity contribution in [2.24, 2.45) is 0 Å². The highest BCUT2D eigenvalue weighted by atomic mass is 16.3. The number of nitrogens with one attached hydrogen (secondary N) is 1. The van der Waals surface area contributed by atoms with Crippen molar-refractivity contribution < 1.29 is 5.11 Å². The number of aryl methyl sites for hydroxylation is 1. The monoisotopic (exact) mass is 208 g/mol. The van der Waals surface area contributed by atoms with Crippen molar-refractivity contribution in [2.45, 2.75) is 32.7 Å². The Hall–Kier alpha value is -1.22. The van der Waals surface area contributed by atoms with Crippen molar-refractivity contribution in [1.82, 2.24) is 0 Å². The number of nitrogens with two attached hydrogens (primary N) is 1. The van der Waals surface area contributed by atoms with Gasteiger partial charge in [0.15, 0.2) is 0 Å². The molecule has 84 valence electrons. The number of benzene rings is 1. The van der Waals surface area contributed by atoms with Crippen LogP contribution in [-0.2, 0) is 0 Å². The van der Waals surface area contributed by atoms with Crippen molar-refractivity contribution in [2.75, 3.05) is 17.7 Å². The minimum absolute atomic E-state index is 0.108. The third-order valence-corrected chi connectivity index (χ3v) is 2.68. The molecule has 1 unspecified atom stereocenters.